The molecule has 1 unspecified atom stereocenters. The molecule has 0 aliphatic heterocycles. The van der Waals surface area contributed by atoms with Crippen LogP contribution in [0.2, 0.25) is 0 Å². The summed E-state index contributed by atoms with van der Waals surface area (Å²) in [5.74, 6) is 0. The summed E-state index contributed by atoms with van der Waals surface area (Å²) in [6.07, 6.45) is 5.56. The fraction of sp³-hybridized carbons (Fsp3) is 0.714. The molecule has 1 atom stereocenters. The quantitative estimate of drug-likeness (QED) is 0.824. The van der Waals surface area contributed by atoms with E-state index < -0.39 is 0 Å². The fourth-order valence-corrected chi connectivity index (χ4v) is 3.79. The van der Waals surface area contributed by atoms with Gasteiger partial charge in [-0.1, -0.05) is 26.7 Å². The Hall–Kier alpha value is -0.340. The molecule has 0 saturated heterocycles. The molecule has 1 aromatic rings. The minimum atomic E-state index is 0.476. The number of aryl methyl sites for hydroxylation is 1. The zero-order valence-electron chi connectivity index (χ0n) is 10.7. The van der Waals surface area contributed by atoms with Gasteiger partial charge < -0.3 is 5.32 Å². The van der Waals surface area contributed by atoms with Crippen molar-refractivity contribution in [1.82, 2.24) is 5.32 Å². The smallest absolute Gasteiger partial charge is 0.0382 e. The lowest BCUT2D eigenvalue weighted by molar-refractivity contribution is 0.226. The first-order valence-electron chi connectivity index (χ1n) is 6.44. The molecular formula is C14H23NS. The lowest BCUT2D eigenvalue weighted by Crippen LogP contribution is -2.34. The summed E-state index contributed by atoms with van der Waals surface area (Å²) in [6, 6.07) is 2.92. The minimum Gasteiger partial charge on any atom is -0.310 e. The fourth-order valence-electron chi connectivity index (χ4n) is 3.06. The van der Waals surface area contributed by atoms with Crippen LogP contribution < -0.4 is 5.32 Å². The zero-order chi connectivity index (χ0) is 11.6. The van der Waals surface area contributed by atoms with E-state index in [0.29, 0.717) is 11.5 Å². The summed E-state index contributed by atoms with van der Waals surface area (Å²) in [7, 11) is 0. The first-order valence-corrected chi connectivity index (χ1v) is 7.32. The third-order valence-electron chi connectivity index (χ3n) is 3.94. The van der Waals surface area contributed by atoms with Gasteiger partial charge in [0, 0.05) is 10.9 Å². The van der Waals surface area contributed by atoms with E-state index >= 15 is 0 Å². The number of rotatable bonds is 4. The van der Waals surface area contributed by atoms with Crippen LogP contribution in [-0.4, -0.2) is 6.54 Å². The standard InChI is InChI=1S/C14H23NS/c1-4-15-13(12-9-11(2)16-10-12)14(3)7-5-6-8-14/h9-10,13,15H,4-8H2,1-3H3. The van der Waals surface area contributed by atoms with Gasteiger partial charge in [-0.25, -0.2) is 0 Å². The third-order valence-corrected chi connectivity index (χ3v) is 4.81. The van der Waals surface area contributed by atoms with Gasteiger partial charge >= 0.3 is 0 Å². The number of hydrogen-bond donors (Lipinski definition) is 1. The van der Waals surface area contributed by atoms with Crippen LogP contribution in [-0.2, 0) is 0 Å². The molecule has 0 spiro atoms. The summed E-state index contributed by atoms with van der Waals surface area (Å²) in [5.41, 5.74) is 1.98. The molecule has 0 radical (unpaired) electrons. The monoisotopic (exact) mass is 237 g/mol. The van der Waals surface area contributed by atoms with Crippen molar-refractivity contribution in [1.29, 1.82) is 0 Å². The van der Waals surface area contributed by atoms with Gasteiger partial charge in [-0.3, -0.25) is 0 Å². The van der Waals surface area contributed by atoms with E-state index in [4.69, 9.17) is 0 Å². The highest BCUT2D eigenvalue weighted by Crippen LogP contribution is 2.47. The molecule has 1 heterocycles. The van der Waals surface area contributed by atoms with Crippen molar-refractivity contribution >= 4 is 11.3 Å². The maximum absolute atomic E-state index is 3.70. The van der Waals surface area contributed by atoms with Gasteiger partial charge in [-0.2, -0.15) is 0 Å². The van der Waals surface area contributed by atoms with Crippen LogP contribution in [0.3, 0.4) is 0 Å². The second-order valence-corrected chi connectivity index (χ2v) is 6.46. The van der Waals surface area contributed by atoms with Crippen molar-refractivity contribution in [3.8, 4) is 0 Å². The lowest BCUT2D eigenvalue weighted by atomic mass is 9.78. The molecule has 0 bridgehead atoms. The predicted octanol–water partition coefficient (Wildman–Crippen LogP) is 4.29. The molecule has 16 heavy (non-hydrogen) atoms. The van der Waals surface area contributed by atoms with Crippen molar-refractivity contribution in [3.05, 3.63) is 21.9 Å². The van der Waals surface area contributed by atoms with E-state index in [1.54, 1.807) is 0 Å². The maximum atomic E-state index is 3.70. The van der Waals surface area contributed by atoms with E-state index in [-0.39, 0.29) is 0 Å². The van der Waals surface area contributed by atoms with Crippen molar-refractivity contribution in [3.63, 3.8) is 0 Å². The van der Waals surface area contributed by atoms with E-state index in [2.05, 4.69) is 37.5 Å². The van der Waals surface area contributed by atoms with Crippen molar-refractivity contribution in [2.24, 2.45) is 5.41 Å². The van der Waals surface area contributed by atoms with Gasteiger partial charge in [0.15, 0.2) is 0 Å². The largest absolute Gasteiger partial charge is 0.310 e. The Bertz CT molecular complexity index is 336. The molecule has 0 aromatic carbocycles. The van der Waals surface area contributed by atoms with Crippen LogP contribution in [0.25, 0.3) is 0 Å². The van der Waals surface area contributed by atoms with E-state index in [1.165, 1.54) is 36.1 Å². The summed E-state index contributed by atoms with van der Waals surface area (Å²) < 4.78 is 0. The van der Waals surface area contributed by atoms with Gasteiger partial charge in [-0.05, 0) is 48.7 Å². The average Bonchev–Trinajstić information content (AvgIpc) is 2.85. The molecule has 2 heteroatoms. The van der Waals surface area contributed by atoms with E-state index in [0.717, 1.165) is 6.54 Å². The van der Waals surface area contributed by atoms with Crippen molar-refractivity contribution < 1.29 is 0 Å². The Morgan fingerprint density at radius 2 is 2.12 bits per heavy atom. The highest BCUT2D eigenvalue weighted by molar-refractivity contribution is 7.10. The SMILES string of the molecule is CCNC(c1csc(C)c1)C1(C)CCCC1. The van der Waals surface area contributed by atoms with Crippen LogP contribution in [0.4, 0.5) is 0 Å². The van der Waals surface area contributed by atoms with E-state index in [1.807, 2.05) is 11.3 Å². The van der Waals surface area contributed by atoms with Crippen LogP contribution >= 0.6 is 11.3 Å². The second kappa shape index (κ2) is 4.89. The van der Waals surface area contributed by atoms with Gasteiger partial charge in [-0.15, -0.1) is 11.3 Å². The Balaban J connectivity index is 2.22. The molecule has 2 rings (SSSR count). The lowest BCUT2D eigenvalue weighted by Gasteiger charge is -2.34. The molecule has 1 saturated carbocycles. The summed E-state index contributed by atoms with van der Waals surface area (Å²) >= 11 is 1.88. The summed E-state index contributed by atoms with van der Waals surface area (Å²) in [5, 5.41) is 6.04. The van der Waals surface area contributed by atoms with Gasteiger partial charge in [0.05, 0.1) is 0 Å². The first kappa shape index (κ1) is 12.1. The number of hydrogen-bond acceptors (Lipinski definition) is 2. The molecule has 1 aliphatic carbocycles. The van der Waals surface area contributed by atoms with Crippen LogP contribution in [0.5, 0.6) is 0 Å². The molecule has 0 amide bonds. The molecular weight excluding hydrogens is 214 g/mol. The van der Waals surface area contributed by atoms with Crippen LogP contribution in [0.1, 0.15) is 56.0 Å². The van der Waals surface area contributed by atoms with Crippen LogP contribution in [0, 0.1) is 12.3 Å². The van der Waals surface area contributed by atoms with Crippen LogP contribution in [0.15, 0.2) is 11.4 Å². The molecule has 1 aliphatic rings. The molecule has 1 aromatic heterocycles. The van der Waals surface area contributed by atoms with Crippen molar-refractivity contribution in [2.75, 3.05) is 6.54 Å². The molecule has 1 nitrogen and oxygen atoms in total. The van der Waals surface area contributed by atoms with Gasteiger partial charge in [0.1, 0.15) is 0 Å². The number of thiophene rings is 1. The topological polar surface area (TPSA) is 12.0 Å². The highest BCUT2D eigenvalue weighted by atomic mass is 32.1. The third kappa shape index (κ3) is 2.33. The molecule has 1 fully saturated rings. The predicted molar refractivity (Wildman–Crippen MR) is 72.0 cm³/mol. The number of nitrogens with one attached hydrogen (secondary N) is 1. The normalized spacial score (nSPS) is 21.2. The van der Waals surface area contributed by atoms with E-state index in [9.17, 15) is 0 Å². The summed E-state index contributed by atoms with van der Waals surface area (Å²) in [6.45, 7) is 7.94. The zero-order valence-corrected chi connectivity index (χ0v) is 11.5. The average molecular weight is 237 g/mol. The van der Waals surface area contributed by atoms with Crippen molar-refractivity contribution in [2.45, 2.75) is 52.5 Å². The highest BCUT2D eigenvalue weighted by Gasteiger charge is 2.37. The maximum Gasteiger partial charge on any atom is 0.0382 e. The Morgan fingerprint density at radius 3 is 2.62 bits per heavy atom. The Labute approximate surface area is 103 Å². The Kier molecular flexibility index (Phi) is 3.70. The minimum absolute atomic E-state index is 0.476. The molecule has 90 valence electrons. The summed E-state index contributed by atoms with van der Waals surface area (Å²) in [4.78, 5) is 1.43. The van der Waals surface area contributed by atoms with Gasteiger partial charge in [0.25, 0.3) is 0 Å². The molecule has 1 N–H and O–H groups in total. The first-order chi connectivity index (χ1) is 7.65. The Morgan fingerprint density at radius 1 is 1.44 bits per heavy atom. The van der Waals surface area contributed by atoms with Gasteiger partial charge in [0.2, 0.25) is 0 Å². The second-order valence-electron chi connectivity index (χ2n) is 5.34.